The quantitative estimate of drug-likeness (QED) is 0.431. The van der Waals surface area contributed by atoms with Crippen LogP contribution in [0.2, 0.25) is 5.02 Å². The Morgan fingerprint density at radius 2 is 1.75 bits per heavy atom. The van der Waals surface area contributed by atoms with E-state index < -0.39 is 10.0 Å². The summed E-state index contributed by atoms with van der Waals surface area (Å²) in [6.45, 7) is 5.32. The molecule has 2 aliphatic rings. The molecule has 3 aromatic rings. The molecular weight excluding hydrogens is 494 g/mol. The first-order valence-electron chi connectivity index (χ1n) is 12.9. The van der Waals surface area contributed by atoms with Crippen LogP contribution in [0.5, 0.6) is 0 Å². The van der Waals surface area contributed by atoms with Crippen molar-refractivity contribution in [3.05, 3.63) is 69.9 Å². The van der Waals surface area contributed by atoms with Crippen molar-refractivity contribution >= 4 is 38.4 Å². The lowest BCUT2D eigenvalue weighted by atomic mass is 9.98. The molecular formula is C28H34ClN3O3S. The van der Waals surface area contributed by atoms with Gasteiger partial charge in [-0.05, 0) is 69.2 Å². The molecule has 0 bridgehead atoms. The lowest BCUT2D eigenvalue weighted by Gasteiger charge is -2.31. The van der Waals surface area contributed by atoms with Gasteiger partial charge in [-0.2, -0.15) is 0 Å². The third-order valence-corrected chi connectivity index (χ3v) is 9.75. The first kappa shape index (κ1) is 25.3. The van der Waals surface area contributed by atoms with E-state index in [0.29, 0.717) is 36.3 Å². The van der Waals surface area contributed by atoms with Crippen molar-refractivity contribution < 1.29 is 13.2 Å². The van der Waals surface area contributed by atoms with Crippen molar-refractivity contribution in [3.63, 3.8) is 0 Å². The van der Waals surface area contributed by atoms with E-state index in [1.54, 1.807) is 11.2 Å². The van der Waals surface area contributed by atoms with Crippen LogP contribution in [0.15, 0.2) is 42.5 Å². The number of nitrogens with one attached hydrogen (secondary N) is 1. The van der Waals surface area contributed by atoms with E-state index in [4.69, 9.17) is 11.6 Å². The molecule has 5 rings (SSSR count). The highest BCUT2D eigenvalue weighted by atomic mass is 35.5. The van der Waals surface area contributed by atoms with Crippen LogP contribution in [0, 0.1) is 12.8 Å². The minimum atomic E-state index is -3.14. The number of amides is 1. The number of sulfonamides is 1. The summed E-state index contributed by atoms with van der Waals surface area (Å²) in [5.74, 6) is 0.214. The van der Waals surface area contributed by atoms with Crippen molar-refractivity contribution in [2.24, 2.45) is 5.92 Å². The van der Waals surface area contributed by atoms with Gasteiger partial charge in [-0.25, -0.2) is 12.7 Å². The molecule has 192 valence electrons. The zero-order valence-corrected chi connectivity index (χ0v) is 22.5. The van der Waals surface area contributed by atoms with E-state index in [1.165, 1.54) is 29.7 Å². The normalized spacial score (nSPS) is 17.5. The maximum Gasteiger partial charge on any atom is 0.252 e. The van der Waals surface area contributed by atoms with E-state index in [9.17, 15) is 13.2 Å². The van der Waals surface area contributed by atoms with E-state index in [1.807, 2.05) is 12.1 Å². The predicted octanol–water partition coefficient (Wildman–Crippen LogP) is 5.32. The second-order valence-electron chi connectivity index (χ2n) is 10.2. The Morgan fingerprint density at radius 1 is 1.06 bits per heavy atom. The highest BCUT2D eigenvalue weighted by molar-refractivity contribution is 7.89. The summed E-state index contributed by atoms with van der Waals surface area (Å²) >= 11 is 6.64. The van der Waals surface area contributed by atoms with Gasteiger partial charge in [-0.15, -0.1) is 0 Å². The number of benzene rings is 2. The van der Waals surface area contributed by atoms with E-state index >= 15 is 0 Å². The molecule has 8 heteroatoms. The molecule has 2 fully saturated rings. The maximum absolute atomic E-state index is 13.1. The van der Waals surface area contributed by atoms with Crippen LogP contribution < -0.4 is 5.32 Å². The summed E-state index contributed by atoms with van der Waals surface area (Å²) < 4.78 is 28.1. The SMILES string of the molecule is CCS(=O)(=O)N1CCC(CNC(=O)c2cc3cc(Cc4ccc(C)cc4)n(C4CC4)c3cc2Cl)CC1. The number of fused-ring (bicyclic) bond motifs is 1. The van der Waals surface area contributed by atoms with Crippen molar-refractivity contribution in [3.8, 4) is 0 Å². The number of carbonyl (C=O) groups excluding carboxylic acids is 1. The first-order valence-corrected chi connectivity index (χ1v) is 14.9. The second kappa shape index (κ2) is 10.2. The minimum Gasteiger partial charge on any atom is -0.352 e. The Kier molecular flexibility index (Phi) is 7.16. The van der Waals surface area contributed by atoms with E-state index in [2.05, 4.69) is 47.1 Å². The van der Waals surface area contributed by atoms with Gasteiger partial charge in [-0.1, -0.05) is 41.4 Å². The Hall–Kier alpha value is -2.35. The average molecular weight is 528 g/mol. The monoisotopic (exact) mass is 527 g/mol. The molecule has 0 unspecified atom stereocenters. The summed E-state index contributed by atoms with van der Waals surface area (Å²) in [7, 11) is -3.14. The first-order chi connectivity index (χ1) is 17.2. The molecule has 2 aromatic carbocycles. The molecule has 36 heavy (non-hydrogen) atoms. The summed E-state index contributed by atoms with van der Waals surface area (Å²) in [5.41, 5.74) is 5.35. The Bertz CT molecular complexity index is 1370. The van der Waals surface area contributed by atoms with E-state index in [0.717, 1.165) is 30.2 Å². The lowest BCUT2D eigenvalue weighted by molar-refractivity contribution is 0.0942. The molecule has 1 aromatic heterocycles. The molecule has 0 radical (unpaired) electrons. The standard InChI is InChI=1S/C28H34ClN3O3S/c1-3-36(34,35)31-12-10-21(11-13-31)18-30-28(33)25-16-22-15-24(14-20-6-4-19(2)5-7-20)32(23-8-9-23)27(22)17-26(25)29/h4-7,15-17,21,23H,3,8-14,18H2,1-2H3,(H,30,33). The smallest absolute Gasteiger partial charge is 0.252 e. The fraction of sp³-hybridized carbons (Fsp3) is 0.464. The second-order valence-corrected chi connectivity index (χ2v) is 12.9. The van der Waals surface area contributed by atoms with Gasteiger partial charge in [0.05, 0.1) is 21.9 Å². The highest BCUT2D eigenvalue weighted by Crippen LogP contribution is 2.41. The fourth-order valence-electron chi connectivity index (χ4n) is 5.20. The number of piperidine rings is 1. The lowest BCUT2D eigenvalue weighted by Crippen LogP contribution is -2.42. The van der Waals surface area contributed by atoms with Crippen LogP contribution >= 0.6 is 11.6 Å². The van der Waals surface area contributed by atoms with Gasteiger partial charge in [0.2, 0.25) is 10.0 Å². The number of carbonyl (C=O) groups is 1. The highest BCUT2D eigenvalue weighted by Gasteiger charge is 2.29. The van der Waals surface area contributed by atoms with Gasteiger partial charge in [-0.3, -0.25) is 4.79 Å². The van der Waals surface area contributed by atoms with Crippen LogP contribution in [-0.2, 0) is 16.4 Å². The molecule has 1 aliphatic heterocycles. The van der Waals surface area contributed by atoms with Gasteiger partial charge in [0.1, 0.15) is 0 Å². The van der Waals surface area contributed by atoms with Crippen LogP contribution in [0.1, 0.15) is 65.8 Å². The number of halogens is 1. The molecule has 0 atom stereocenters. The predicted molar refractivity (Wildman–Crippen MR) is 145 cm³/mol. The summed E-state index contributed by atoms with van der Waals surface area (Å²) in [5, 5.41) is 4.55. The van der Waals surface area contributed by atoms with Crippen LogP contribution in [0.4, 0.5) is 0 Å². The zero-order valence-electron chi connectivity index (χ0n) is 21.0. The molecule has 0 spiro atoms. The van der Waals surface area contributed by atoms with Crippen LogP contribution in [0.3, 0.4) is 0 Å². The van der Waals surface area contributed by atoms with Crippen molar-refractivity contribution in [1.29, 1.82) is 0 Å². The molecule has 1 amide bonds. The zero-order chi connectivity index (χ0) is 25.4. The Balaban J connectivity index is 1.30. The number of hydrogen-bond acceptors (Lipinski definition) is 3. The number of rotatable bonds is 8. The minimum absolute atomic E-state index is 0.130. The van der Waals surface area contributed by atoms with Crippen LogP contribution in [0.25, 0.3) is 10.9 Å². The summed E-state index contributed by atoms with van der Waals surface area (Å²) in [6, 6.07) is 15.2. The fourth-order valence-corrected chi connectivity index (χ4v) is 6.58. The van der Waals surface area contributed by atoms with E-state index in [-0.39, 0.29) is 17.6 Å². The largest absolute Gasteiger partial charge is 0.352 e. The molecule has 2 heterocycles. The number of aromatic nitrogens is 1. The average Bonchev–Trinajstić information content (AvgIpc) is 3.65. The number of aryl methyl sites for hydroxylation is 1. The summed E-state index contributed by atoms with van der Waals surface area (Å²) in [4.78, 5) is 13.1. The third-order valence-electron chi connectivity index (χ3n) is 7.55. The van der Waals surface area contributed by atoms with Gasteiger partial charge in [0.15, 0.2) is 0 Å². The number of hydrogen-bond donors (Lipinski definition) is 1. The number of nitrogens with zero attached hydrogens (tertiary/aromatic N) is 2. The van der Waals surface area contributed by atoms with Gasteiger partial charge in [0.25, 0.3) is 5.91 Å². The Labute approximate surface area is 218 Å². The van der Waals surface area contributed by atoms with Crippen molar-refractivity contribution in [2.45, 2.75) is 52.0 Å². The van der Waals surface area contributed by atoms with Gasteiger partial charge < -0.3 is 9.88 Å². The van der Waals surface area contributed by atoms with Gasteiger partial charge in [0, 0.05) is 43.2 Å². The summed E-state index contributed by atoms with van der Waals surface area (Å²) in [6.07, 6.45) is 4.68. The maximum atomic E-state index is 13.1. The van der Waals surface area contributed by atoms with Gasteiger partial charge >= 0.3 is 0 Å². The third kappa shape index (κ3) is 5.34. The van der Waals surface area contributed by atoms with Crippen molar-refractivity contribution in [1.82, 2.24) is 14.2 Å². The van der Waals surface area contributed by atoms with Crippen molar-refractivity contribution in [2.75, 3.05) is 25.4 Å². The van der Waals surface area contributed by atoms with Crippen LogP contribution in [-0.4, -0.2) is 48.6 Å². The molecule has 1 saturated heterocycles. The topological polar surface area (TPSA) is 71.4 Å². The Morgan fingerprint density at radius 3 is 2.39 bits per heavy atom. The molecule has 1 N–H and O–H groups in total. The molecule has 6 nitrogen and oxygen atoms in total. The molecule has 1 saturated carbocycles. The molecule has 1 aliphatic carbocycles.